The number of hydrogen-bond donors (Lipinski definition) is 2. The summed E-state index contributed by atoms with van der Waals surface area (Å²) in [5.74, 6) is 1.80. The van der Waals surface area contributed by atoms with Crippen molar-refractivity contribution in [3.63, 3.8) is 0 Å². The standard InChI is InChI=1S/C24H24N4O6/c1-31-13-17-22(14-4-3-5-16(10-14)32-2)23-26-24(30)18(28(23)27-17)12-21(29)25-15-6-7-19-20(11-15)34-9-8-33-19/h3-7,10-11,18H,8-9,12-13H2,1-2H3,(H,25,29)(H,26,30). The number of nitrogens with zero attached hydrogens (tertiary/aromatic N) is 2. The van der Waals surface area contributed by atoms with Gasteiger partial charge in [0.15, 0.2) is 11.5 Å². The Hall–Kier alpha value is -4.05. The first kappa shape index (κ1) is 21.8. The van der Waals surface area contributed by atoms with Crippen LogP contribution in [0.25, 0.3) is 11.1 Å². The highest BCUT2D eigenvalue weighted by Crippen LogP contribution is 2.40. The van der Waals surface area contributed by atoms with Crippen LogP contribution in [0.1, 0.15) is 18.2 Å². The van der Waals surface area contributed by atoms with Gasteiger partial charge in [-0.25, -0.2) is 4.68 Å². The van der Waals surface area contributed by atoms with Crippen molar-refractivity contribution in [2.45, 2.75) is 19.1 Å². The fourth-order valence-corrected chi connectivity index (χ4v) is 4.15. The average molecular weight is 464 g/mol. The number of rotatable bonds is 7. The summed E-state index contributed by atoms with van der Waals surface area (Å²) < 4.78 is 23.3. The molecule has 2 aromatic carbocycles. The average Bonchev–Trinajstić information content (AvgIpc) is 3.33. The van der Waals surface area contributed by atoms with Crippen LogP contribution in [-0.2, 0) is 20.9 Å². The number of nitrogens with one attached hydrogen (secondary N) is 2. The lowest BCUT2D eigenvalue weighted by molar-refractivity contribution is -0.123. The van der Waals surface area contributed by atoms with Crippen LogP contribution in [-0.4, -0.2) is 49.0 Å². The monoisotopic (exact) mass is 464 g/mol. The van der Waals surface area contributed by atoms with Crippen molar-refractivity contribution in [1.29, 1.82) is 0 Å². The van der Waals surface area contributed by atoms with E-state index in [1.165, 1.54) is 0 Å². The van der Waals surface area contributed by atoms with Crippen LogP contribution in [0.3, 0.4) is 0 Å². The molecule has 1 unspecified atom stereocenters. The molecule has 3 aromatic rings. The van der Waals surface area contributed by atoms with E-state index in [1.807, 2.05) is 24.3 Å². The molecule has 0 fully saturated rings. The molecule has 0 bridgehead atoms. The smallest absolute Gasteiger partial charge is 0.251 e. The number of benzene rings is 2. The molecule has 0 spiro atoms. The molecule has 2 N–H and O–H groups in total. The molecular weight excluding hydrogens is 440 g/mol. The van der Waals surface area contributed by atoms with Gasteiger partial charge in [0, 0.05) is 18.9 Å². The van der Waals surface area contributed by atoms with E-state index in [2.05, 4.69) is 15.7 Å². The van der Waals surface area contributed by atoms with Crippen LogP contribution >= 0.6 is 0 Å². The van der Waals surface area contributed by atoms with Crippen molar-refractivity contribution in [2.75, 3.05) is 38.1 Å². The van der Waals surface area contributed by atoms with E-state index in [-0.39, 0.29) is 24.8 Å². The maximum atomic E-state index is 12.8. The van der Waals surface area contributed by atoms with Gasteiger partial charge in [-0.2, -0.15) is 5.10 Å². The summed E-state index contributed by atoms with van der Waals surface area (Å²) in [7, 11) is 3.17. The summed E-state index contributed by atoms with van der Waals surface area (Å²) in [5, 5.41) is 10.3. The highest BCUT2D eigenvalue weighted by Gasteiger charge is 2.37. The quantitative estimate of drug-likeness (QED) is 0.553. The molecule has 1 aromatic heterocycles. The van der Waals surface area contributed by atoms with Crippen molar-refractivity contribution < 1.29 is 28.5 Å². The van der Waals surface area contributed by atoms with Crippen LogP contribution in [0.15, 0.2) is 42.5 Å². The summed E-state index contributed by atoms with van der Waals surface area (Å²) in [6.07, 6.45) is -0.0844. The molecule has 1 atom stereocenters. The topological polar surface area (TPSA) is 113 Å². The molecule has 0 saturated heterocycles. The van der Waals surface area contributed by atoms with Gasteiger partial charge >= 0.3 is 0 Å². The van der Waals surface area contributed by atoms with Crippen molar-refractivity contribution in [3.8, 4) is 28.4 Å². The number of aromatic nitrogens is 2. The van der Waals surface area contributed by atoms with Gasteiger partial charge in [-0.05, 0) is 29.8 Å². The molecule has 10 nitrogen and oxygen atoms in total. The fraction of sp³-hybridized carbons (Fsp3) is 0.292. The highest BCUT2D eigenvalue weighted by atomic mass is 16.6. The molecule has 0 aliphatic carbocycles. The normalized spacial score (nSPS) is 16.1. The van der Waals surface area contributed by atoms with E-state index < -0.39 is 6.04 Å². The van der Waals surface area contributed by atoms with Crippen LogP contribution in [0.2, 0.25) is 0 Å². The molecule has 2 amide bonds. The molecule has 2 aliphatic rings. The maximum absolute atomic E-state index is 12.8. The third-order valence-corrected chi connectivity index (χ3v) is 5.67. The number of carbonyl (C=O) groups is 2. The SMILES string of the molecule is COCc1nn2c(c1-c1cccc(OC)c1)NC(=O)C2CC(=O)Nc1ccc2c(c1)OCCO2. The Morgan fingerprint density at radius 2 is 2.00 bits per heavy atom. The third-order valence-electron chi connectivity index (χ3n) is 5.67. The fourth-order valence-electron chi connectivity index (χ4n) is 4.15. The predicted octanol–water partition coefficient (Wildman–Crippen LogP) is 3.00. The number of fused-ring (bicyclic) bond motifs is 2. The van der Waals surface area contributed by atoms with E-state index in [0.717, 1.165) is 11.1 Å². The number of hydrogen-bond acceptors (Lipinski definition) is 7. The van der Waals surface area contributed by atoms with Gasteiger partial charge in [-0.15, -0.1) is 0 Å². The Labute approximate surface area is 195 Å². The number of methoxy groups -OCH3 is 2. The second kappa shape index (κ2) is 9.06. The van der Waals surface area contributed by atoms with E-state index >= 15 is 0 Å². The van der Waals surface area contributed by atoms with Crippen molar-refractivity contribution in [3.05, 3.63) is 48.2 Å². The summed E-state index contributed by atoms with van der Waals surface area (Å²) >= 11 is 0. The van der Waals surface area contributed by atoms with Gasteiger partial charge < -0.3 is 29.6 Å². The van der Waals surface area contributed by atoms with Gasteiger partial charge in [0.25, 0.3) is 5.91 Å². The lowest BCUT2D eigenvalue weighted by Gasteiger charge is -2.19. The Morgan fingerprint density at radius 3 is 2.79 bits per heavy atom. The Kier molecular flexibility index (Phi) is 5.81. The van der Waals surface area contributed by atoms with Crippen LogP contribution < -0.4 is 24.8 Å². The second-order valence-electron chi connectivity index (χ2n) is 7.90. The van der Waals surface area contributed by atoms with Crippen molar-refractivity contribution in [1.82, 2.24) is 9.78 Å². The minimum Gasteiger partial charge on any atom is -0.497 e. The number of carbonyl (C=O) groups excluding carboxylic acids is 2. The minimum absolute atomic E-state index is 0.0844. The van der Waals surface area contributed by atoms with E-state index in [4.69, 9.17) is 18.9 Å². The number of amides is 2. The largest absolute Gasteiger partial charge is 0.497 e. The maximum Gasteiger partial charge on any atom is 0.251 e. The first-order valence-electron chi connectivity index (χ1n) is 10.8. The zero-order valence-electron chi connectivity index (χ0n) is 18.8. The zero-order chi connectivity index (χ0) is 23.7. The molecule has 3 heterocycles. The molecule has 5 rings (SSSR count). The summed E-state index contributed by atoms with van der Waals surface area (Å²) in [4.78, 5) is 25.6. The highest BCUT2D eigenvalue weighted by molar-refractivity contribution is 6.04. The van der Waals surface area contributed by atoms with Gasteiger partial charge in [-0.1, -0.05) is 12.1 Å². The molecule has 0 radical (unpaired) electrons. The van der Waals surface area contributed by atoms with E-state index in [1.54, 1.807) is 37.1 Å². The van der Waals surface area contributed by atoms with E-state index in [9.17, 15) is 9.59 Å². The summed E-state index contributed by atoms with van der Waals surface area (Å²) in [5.41, 5.74) is 2.78. The lowest BCUT2D eigenvalue weighted by atomic mass is 10.1. The van der Waals surface area contributed by atoms with E-state index in [0.29, 0.717) is 47.7 Å². The van der Waals surface area contributed by atoms with Crippen molar-refractivity contribution in [2.24, 2.45) is 0 Å². The Bertz CT molecular complexity index is 1250. The Balaban J connectivity index is 1.39. The minimum atomic E-state index is -0.790. The molecule has 10 heteroatoms. The van der Waals surface area contributed by atoms with Crippen LogP contribution in [0, 0.1) is 0 Å². The number of anilines is 2. The molecule has 0 saturated carbocycles. The van der Waals surface area contributed by atoms with Gasteiger partial charge in [-0.3, -0.25) is 9.59 Å². The first-order chi connectivity index (χ1) is 16.6. The molecular formula is C24H24N4O6. The third kappa shape index (κ3) is 4.03. The summed E-state index contributed by atoms with van der Waals surface area (Å²) in [6.45, 7) is 1.19. The Morgan fingerprint density at radius 1 is 1.18 bits per heavy atom. The van der Waals surface area contributed by atoms with Crippen LogP contribution in [0.4, 0.5) is 11.5 Å². The zero-order valence-corrected chi connectivity index (χ0v) is 18.8. The molecule has 2 aliphatic heterocycles. The number of ether oxygens (including phenoxy) is 4. The molecule has 34 heavy (non-hydrogen) atoms. The van der Waals surface area contributed by atoms with Gasteiger partial charge in [0.05, 0.1) is 31.4 Å². The predicted molar refractivity (Wildman–Crippen MR) is 123 cm³/mol. The lowest BCUT2D eigenvalue weighted by Crippen LogP contribution is -2.24. The molecule has 176 valence electrons. The van der Waals surface area contributed by atoms with Gasteiger partial charge in [0.2, 0.25) is 5.91 Å². The van der Waals surface area contributed by atoms with Crippen LogP contribution in [0.5, 0.6) is 17.2 Å². The second-order valence-corrected chi connectivity index (χ2v) is 7.90. The first-order valence-corrected chi connectivity index (χ1v) is 10.8. The van der Waals surface area contributed by atoms with Gasteiger partial charge in [0.1, 0.15) is 30.8 Å². The summed E-state index contributed by atoms with van der Waals surface area (Å²) in [6, 6.07) is 11.9. The van der Waals surface area contributed by atoms with Crippen molar-refractivity contribution >= 4 is 23.3 Å².